The summed E-state index contributed by atoms with van der Waals surface area (Å²) in [6.07, 6.45) is 3.56. The maximum absolute atomic E-state index is 12.5. The molecule has 114 valence electrons. The van der Waals surface area contributed by atoms with Crippen molar-refractivity contribution in [1.82, 2.24) is 5.32 Å². The lowest BCUT2D eigenvalue weighted by atomic mass is 9.90. The Balaban J connectivity index is 2.15. The molecule has 0 radical (unpaired) electrons. The Morgan fingerprint density at radius 2 is 2.24 bits per heavy atom. The van der Waals surface area contributed by atoms with Crippen LogP contribution in [0.2, 0.25) is 5.02 Å². The Labute approximate surface area is 129 Å². The summed E-state index contributed by atoms with van der Waals surface area (Å²) in [6, 6.07) is 4.71. The average molecular weight is 310 g/mol. The second-order valence-electron chi connectivity index (χ2n) is 5.38. The molecule has 1 aromatic carbocycles. The molecule has 1 unspecified atom stereocenters. The minimum atomic E-state index is -0.585. The normalized spacial score (nSPS) is 21.2. The second-order valence-corrected chi connectivity index (χ2v) is 5.78. The van der Waals surface area contributed by atoms with Crippen LogP contribution in [0.4, 0.5) is 5.69 Å². The number of halogens is 1. The third-order valence-corrected chi connectivity index (χ3v) is 4.16. The molecule has 1 atom stereocenters. The van der Waals surface area contributed by atoms with E-state index in [0.717, 1.165) is 32.2 Å². The van der Waals surface area contributed by atoms with Crippen molar-refractivity contribution in [2.45, 2.75) is 38.1 Å². The van der Waals surface area contributed by atoms with Gasteiger partial charge < -0.3 is 16.4 Å². The van der Waals surface area contributed by atoms with Crippen molar-refractivity contribution in [3.05, 3.63) is 28.8 Å². The minimum Gasteiger partial charge on any atom is -0.366 e. The average Bonchev–Trinajstić information content (AvgIpc) is 2.88. The third-order valence-electron chi connectivity index (χ3n) is 3.85. The second kappa shape index (κ2) is 6.45. The van der Waals surface area contributed by atoms with Gasteiger partial charge >= 0.3 is 0 Å². The molecule has 0 saturated carbocycles. The molecule has 2 amide bonds. The molecule has 1 aromatic rings. The number of benzene rings is 1. The van der Waals surface area contributed by atoms with Crippen LogP contribution in [-0.2, 0) is 4.79 Å². The van der Waals surface area contributed by atoms with Gasteiger partial charge in [-0.15, -0.1) is 0 Å². The summed E-state index contributed by atoms with van der Waals surface area (Å²) in [6.45, 7) is 2.92. The molecule has 1 heterocycles. The SMILES string of the molecule is CCCC1(C(=O)Nc2ccc(C(N)=O)c(Cl)c2)CCCN1. The number of anilines is 1. The molecular weight excluding hydrogens is 290 g/mol. The van der Waals surface area contributed by atoms with Gasteiger partial charge in [0, 0.05) is 5.69 Å². The lowest BCUT2D eigenvalue weighted by Crippen LogP contribution is -2.50. The predicted molar refractivity (Wildman–Crippen MR) is 83.5 cm³/mol. The van der Waals surface area contributed by atoms with Gasteiger partial charge in [0.15, 0.2) is 0 Å². The molecule has 5 nitrogen and oxygen atoms in total. The fourth-order valence-electron chi connectivity index (χ4n) is 2.80. The molecule has 0 aromatic heterocycles. The van der Waals surface area contributed by atoms with Crippen molar-refractivity contribution >= 4 is 29.1 Å². The third kappa shape index (κ3) is 3.36. The van der Waals surface area contributed by atoms with Crippen LogP contribution in [0.3, 0.4) is 0 Å². The first-order valence-electron chi connectivity index (χ1n) is 7.14. The molecule has 1 aliphatic rings. The van der Waals surface area contributed by atoms with Crippen LogP contribution in [0, 0.1) is 0 Å². The van der Waals surface area contributed by atoms with Crippen LogP contribution in [0.25, 0.3) is 0 Å². The number of carbonyl (C=O) groups is 2. The van der Waals surface area contributed by atoms with Crippen molar-refractivity contribution < 1.29 is 9.59 Å². The number of rotatable bonds is 5. The van der Waals surface area contributed by atoms with E-state index in [0.29, 0.717) is 5.69 Å². The molecule has 0 bridgehead atoms. The Morgan fingerprint density at radius 1 is 1.48 bits per heavy atom. The van der Waals surface area contributed by atoms with Crippen molar-refractivity contribution in [3.8, 4) is 0 Å². The number of primary amides is 1. The highest BCUT2D eigenvalue weighted by Crippen LogP contribution is 2.27. The van der Waals surface area contributed by atoms with Crippen LogP contribution in [-0.4, -0.2) is 23.9 Å². The van der Waals surface area contributed by atoms with E-state index in [4.69, 9.17) is 17.3 Å². The lowest BCUT2D eigenvalue weighted by Gasteiger charge is -2.27. The van der Waals surface area contributed by atoms with E-state index < -0.39 is 11.4 Å². The summed E-state index contributed by atoms with van der Waals surface area (Å²) in [5.74, 6) is -0.637. The lowest BCUT2D eigenvalue weighted by molar-refractivity contribution is -0.122. The number of nitrogens with one attached hydrogen (secondary N) is 2. The van der Waals surface area contributed by atoms with Gasteiger partial charge in [0.25, 0.3) is 0 Å². The van der Waals surface area contributed by atoms with E-state index in [1.54, 1.807) is 12.1 Å². The minimum absolute atomic E-state index is 0.0512. The van der Waals surface area contributed by atoms with E-state index >= 15 is 0 Å². The number of hydrogen-bond acceptors (Lipinski definition) is 3. The first-order valence-corrected chi connectivity index (χ1v) is 7.52. The standard InChI is InChI=1S/C15H20ClN3O2/c1-2-6-15(7-3-8-18-15)14(21)19-10-4-5-11(13(17)20)12(16)9-10/h4-5,9,18H,2-3,6-8H2,1H3,(H2,17,20)(H,19,21). The van der Waals surface area contributed by atoms with Crippen LogP contribution in [0.1, 0.15) is 43.0 Å². The van der Waals surface area contributed by atoms with Gasteiger partial charge in [-0.25, -0.2) is 0 Å². The Hall–Kier alpha value is -1.59. The van der Waals surface area contributed by atoms with Gasteiger partial charge in [0.2, 0.25) is 11.8 Å². The molecule has 6 heteroatoms. The molecule has 2 rings (SSSR count). The smallest absolute Gasteiger partial charge is 0.250 e. The van der Waals surface area contributed by atoms with Crippen molar-refractivity contribution in [3.63, 3.8) is 0 Å². The van der Waals surface area contributed by atoms with Gasteiger partial charge in [-0.05, 0) is 44.0 Å². The Bertz CT molecular complexity index is 554. The molecule has 4 N–H and O–H groups in total. The number of amides is 2. The van der Waals surface area contributed by atoms with Crippen LogP contribution < -0.4 is 16.4 Å². The van der Waals surface area contributed by atoms with Gasteiger partial charge in [0.1, 0.15) is 0 Å². The summed E-state index contributed by atoms with van der Waals surface area (Å²) in [5, 5.41) is 6.43. The zero-order chi connectivity index (χ0) is 15.5. The van der Waals surface area contributed by atoms with Crippen molar-refractivity contribution in [1.29, 1.82) is 0 Å². The van der Waals surface area contributed by atoms with Crippen molar-refractivity contribution in [2.24, 2.45) is 5.73 Å². The summed E-state index contributed by atoms with van der Waals surface area (Å²) >= 11 is 6.00. The fourth-order valence-corrected chi connectivity index (χ4v) is 3.07. The Kier molecular flexibility index (Phi) is 4.85. The zero-order valence-corrected chi connectivity index (χ0v) is 12.8. The van der Waals surface area contributed by atoms with Gasteiger partial charge in [-0.2, -0.15) is 0 Å². The molecular formula is C15H20ClN3O2. The molecule has 0 spiro atoms. The van der Waals surface area contributed by atoms with Crippen LogP contribution in [0.15, 0.2) is 18.2 Å². The van der Waals surface area contributed by atoms with Crippen LogP contribution >= 0.6 is 11.6 Å². The predicted octanol–water partition coefficient (Wildman–Crippen LogP) is 2.30. The van der Waals surface area contributed by atoms with Gasteiger partial charge in [0.05, 0.1) is 16.1 Å². The van der Waals surface area contributed by atoms with Crippen LogP contribution in [0.5, 0.6) is 0 Å². The molecule has 0 aliphatic carbocycles. The van der Waals surface area contributed by atoms with E-state index in [-0.39, 0.29) is 16.5 Å². The highest BCUT2D eigenvalue weighted by atomic mass is 35.5. The topological polar surface area (TPSA) is 84.2 Å². The summed E-state index contributed by atoms with van der Waals surface area (Å²) < 4.78 is 0. The van der Waals surface area contributed by atoms with Crippen molar-refractivity contribution in [2.75, 3.05) is 11.9 Å². The van der Waals surface area contributed by atoms with E-state index in [2.05, 4.69) is 17.6 Å². The van der Waals surface area contributed by atoms with Gasteiger partial charge in [-0.3, -0.25) is 9.59 Å². The maximum atomic E-state index is 12.5. The highest BCUT2D eigenvalue weighted by Gasteiger charge is 2.39. The van der Waals surface area contributed by atoms with E-state index in [1.807, 2.05) is 0 Å². The van der Waals surface area contributed by atoms with E-state index in [9.17, 15) is 9.59 Å². The zero-order valence-electron chi connectivity index (χ0n) is 12.0. The fraction of sp³-hybridized carbons (Fsp3) is 0.467. The number of carbonyl (C=O) groups excluding carboxylic acids is 2. The first-order chi connectivity index (χ1) is 9.98. The molecule has 1 aliphatic heterocycles. The molecule has 1 fully saturated rings. The monoisotopic (exact) mass is 309 g/mol. The highest BCUT2D eigenvalue weighted by molar-refractivity contribution is 6.34. The number of hydrogen-bond donors (Lipinski definition) is 3. The quantitative estimate of drug-likeness (QED) is 0.780. The molecule has 1 saturated heterocycles. The largest absolute Gasteiger partial charge is 0.366 e. The van der Waals surface area contributed by atoms with E-state index in [1.165, 1.54) is 6.07 Å². The summed E-state index contributed by atoms with van der Waals surface area (Å²) in [7, 11) is 0. The first kappa shape index (κ1) is 15.8. The summed E-state index contributed by atoms with van der Waals surface area (Å²) in [5.41, 5.74) is 5.52. The molecule has 21 heavy (non-hydrogen) atoms. The summed E-state index contributed by atoms with van der Waals surface area (Å²) in [4.78, 5) is 23.7. The number of nitrogens with two attached hydrogens (primary N) is 1. The van der Waals surface area contributed by atoms with Gasteiger partial charge in [-0.1, -0.05) is 24.9 Å². The maximum Gasteiger partial charge on any atom is 0.250 e. The Morgan fingerprint density at radius 3 is 2.76 bits per heavy atom.